The highest BCUT2D eigenvalue weighted by molar-refractivity contribution is 6.19. The van der Waals surface area contributed by atoms with Crippen LogP contribution in [0.15, 0.2) is 140 Å². The van der Waals surface area contributed by atoms with Gasteiger partial charge in [0, 0.05) is 40.3 Å². The molecule has 0 aliphatic carbocycles. The van der Waals surface area contributed by atoms with Crippen molar-refractivity contribution in [1.82, 2.24) is 9.88 Å². The Hall–Kier alpha value is -5.22. The number of nitrogens with two attached hydrogens (primary N) is 2. The molecular formula is C36H32N4. The molecule has 0 atom stereocenters. The highest BCUT2D eigenvalue weighted by Crippen LogP contribution is 2.38. The zero-order valence-corrected chi connectivity index (χ0v) is 22.3. The first-order valence-electron chi connectivity index (χ1n) is 13.5. The number of hydrogen-bond donors (Lipinski definition) is 3. The van der Waals surface area contributed by atoms with Crippen LogP contribution < -0.4 is 16.8 Å². The maximum Gasteiger partial charge on any atom is 0.0619 e. The fraction of sp³-hybridized carbons (Fsp3) is 0.0556. The van der Waals surface area contributed by atoms with E-state index in [9.17, 15) is 0 Å². The first-order chi connectivity index (χ1) is 19.7. The van der Waals surface area contributed by atoms with Gasteiger partial charge < -0.3 is 21.4 Å². The third-order valence-corrected chi connectivity index (χ3v) is 7.52. The molecule has 1 aliphatic rings. The van der Waals surface area contributed by atoms with Gasteiger partial charge >= 0.3 is 0 Å². The summed E-state index contributed by atoms with van der Waals surface area (Å²) >= 11 is 0. The predicted molar refractivity (Wildman–Crippen MR) is 172 cm³/mol. The second-order valence-electron chi connectivity index (χ2n) is 9.86. The van der Waals surface area contributed by atoms with E-state index >= 15 is 0 Å². The van der Waals surface area contributed by atoms with Crippen molar-refractivity contribution < 1.29 is 0 Å². The summed E-state index contributed by atoms with van der Waals surface area (Å²) in [5, 5.41) is 8.33. The van der Waals surface area contributed by atoms with E-state index in [-0.39, 0.29) is 0 Å². The van der Waals surface area contributed by atoms with Gasteiger partial charge in [-0.05, 0) is 70.6 Å². The highest BCUT2D eigenvalue weighted by Gasteiger charge is 2.16. The van der Waals surface area contributed by atoms with Crippen LogP contribution in [-0.4, -0.2) is 11.1 Å². The fourth-order valence-electron chi connectivity index (χ4n) is 5.48. The minimum atomic E-state index is 0.695. The summed E-state index contributed by atoms with van der Waals surface area (Å²) in [6, 6.07) is 28.4. The summed E-state index contributed by atoms with van der Waals surface area (Å²) in [4.78, 5) is 0. The van der Waals surface area contributed by atoms with Gasteiger partial charge in [-0.3, -0.25) is 0 Å². The summed E-state index contributed by atoms with van der Waals surface area (Å²) < 4.78 is 2.38. The Bertz CT molecular complexity index is 1900. The lowest BCUT2D eigenvalue weighted by Gasteiger charge is -2.14. The van der Waals surface area contributed by atoms with Crippen molar-refractivity contribution in [2.45, 2.75) is 6.42 Å². The number of para-hydroxylation sites is 1. The average Bonchev–Trinajstić information content (AvgIpc) is 3.36. The molecule has 0 fully saturated rings. The van der Waals surface area contributed by atoms with Gasteiger partial charge in [0.2, 0.25) is 0 Å². The molecular weight excluding hydrogens is 488 g/mol. The summed E-state index contributed by atoms with van der Waals surface area (Å²) in [6.07, 6.45) is 16.2. The van der Waals surface area contributed by atoms with Crippen LogP contribution in [0.4, 0.5) is 0 Å². The second kappa shape index (κ2) is 10.9. The van der Waals surface area contributed by atoms with Crippen molar-refractivity contribution in [3.8, 4) is 5.69 Å². The van der Waals surface area contributed by atoms with Crippen molar-refractivity contribution in [3.63, 3.8) is 0 Å². The summed E-state index contributed by atoms with van der Waals surface area (Å²) in [5.74, 6) is 0. The zero-order chi connectivity index (χ0) is 27.5. The van der Waals surface area contributed by atoms with Crippen molar-refractivity contribution in [2.75, 3.05) is 6.54 Å². The lowest BCUT2D eigenvalue weighted by atomic mass is 10.0. The van der Waals surface area contributed by atoms with Crippen LogP contribution in [0.25, 0.3) is 49.5 Å². The molecule has 0 unspecified atom stereocenters. The Balaban J connectivity index is 1.55. The molecule has 6 rings (SSSR count). The lowest BCUT2D eigenvalue weighted by molar-refractivity contribution is 0.996. The first-order valence-corrected chi connectivity index (χ1v) is 13.5. The standard InChI is InChI=1S/C36H32N4/c1-2-25(23-37)9-8-10-29(24-38)26-14-18-32-33-19-15-27-21-28(34-13-6-7-20-39-34)16-17-31(27)36(33)40(35(32)22-26)30-11-4-3-5-12-30/h2-8,10-19,21-24,39H,1,9,20,37-38H2/b10-8-,25-23+,29-24+. The second-order valence-corrected chi connectivity index (χ2v) is 9.86. The quantitative estimate of drug-likeness (QED) is 0.193. The number of dihydropyridines is 1. The molecule has 0 saturated heterocycles. The van der Waals surface area contributed by atoms with Crippen LogP contribution in [0.2, 0.25) is 0 Å². The number of aromatic nitrogens is 1. The molecule has 4 aromatic carbocycles. The maximum absolute atomic E-state index is 6.11. The SMILES string of the molecule is C=C/C(=C\N)C/C=C\C(=C/N)c1ccc2c3ccc4cc(C5=CC=CCN5)ccc4c3n(-c3ccccc3)c2c1. The number of rotatable bonds is 7. The monoisotopic (exact) mass is 520 g/mol. The van der Waals surface area contributed by atoms with Gasteiger partial charge in [-0.25, -0.2) is 0 Å². The van der Waals surface area contributed by atoms with Gasteiger partial charge in [0.25, 0.3) is 0 Å². The number of fused-ring (bicyclic) bond motifs is 5. The van der Waals surface area contributed by atoms with E-state index in [4.69, 9.17) is 11.5 Å². The molecule has 1 aliphatic heterocycles. The molecule has 0 amide bonds. The van der Waals surface area contributed by atoms with Gasteiger partial charge in [0.05, 0.1) is 11.0 Å². The molecule has 0 radical (unpaired) electrons. The van der Waals surface area contributed by atoms with Crippen LogP contribution in [0.5, 0.6) is 0 Å². The van der Waals surface area contributed by atoms with E-state index in [1.807, 2.05) is 6.08 Å². The number of hydrogen-bond acceptors (Lipinski definition) is 3. The summed E-state index contributed by atoms with van der Waals surface area (Å²) in [6.45, 7) is 4.67. The van der Waals surface area contributed by atoms with Gasteiger partial charge in [0.1, 0.15) is 0 Å². The molecule has 0 spiro atoms. The van der Waals surface area contributed by atoms with E-state index in [0.717, 1.165) is 40.2 Å². The number of nitrogens with zero attached hydrogens (tertiary/aromatic N) is 1. The third-order valence-electron chi connectivity index (χ3n) is 7.52. The van der Waals surface area contributed by atoms with Crippen molar-refractivity contribution in [1.29, 1.82) is 0 Å². The van der Waals surface area contributed by atoms with Crippen LogP contribution in [0.1, 0.15) is 17.5 Å². The molecule has 0 saturated carbocycles. The molecule has 1 aromatic heterocycles. The van der Waals surface area contributed by atoms with Crippen molar-refractivity contribution in [2.24, 2.45) is 11.5 Å². The van der Waals surface area contributed by atoms with E-state index < -0.39 is 0 Å². The highest BCUT2D eigenvalue weighted by atomic mass is 15.0. The third kappa shape index (κ3) is 4.50. The Morgan fingerprint density at radius 2 is 1.73 bits per heavy atom. The minimum absolute atomic E-state index is 0.695. The zero-order valence-electron chi connectivity index (χ0n) is 22.3. The van der Waals surface area contributed by atoms with Crippen LogP contribution in [0.3, 0.4) is 0 Å². The van der Waals surface area contributed by atoms with E-state index in [2.05, 4.69) is 120 Å². The van der Waals surface area contributed by atoms with Crippen LogP contribution in [0, 0.1) is 0 Å². The van der Waals surface area contributed by atoms with E-state index in [1.54, 1.807) is 18.5 Å². The topological polar surface area (TPSA) is 69.0 Å². The smallest absolute Gasteiger partial charge is 0.0619 e. The first kappa shape index (κ1) is 25.1. The number of nitrogens with one attached hydrogen (secondary N) is 1. The van der Waals surface area contributed by atoms with Gasteiger partial charge in [-0.2, -0.15) is 0 Å². The van der Waals surface area contributed by atoms with Gasteiger partial charge in [0.15, 0.2) is 0 Å². The molecule has 4 heteroatoms. The van der Waals surface area contributed by atoms with E-state index in [0.29, 0.717) is 6.42 Å². The Morgan fingerprint density at radius 3 is 2.48 bits per heavy atom. The normalized spacial score (nSPS) is 14.2. The molecule has 5 N–H and O–H groups in total. The molecule has 5 aromatic rings. The molecule has 0 bridgehead atoms. The van der Waals surface area contributed by atoms with Crippen molar-refractivity contribution in [3.05, 3.63) is 151 Å². The number of allylic oxidation sites excluding steroid dienone is 7. The molecule has 196 valence electrons. The Morgan fingerprint density at radius 1 is 0.900 bits per heavy atom. The summed E-state index contributed by atoms with van der Waals surface area (Å²) in [7, 11) is 0. The molecule has 2 heterocycles. The predicted octanol–water partition coefficient (Wildman–Crippen LogP) is 7.71. The minimum Gasteiger partial charge on any atom is -0.404 e. The fourth-order valence-corrected chi connectivity index (χ4v) is 5.48. The largest absolute Gasteiger partial charge is 0.404 e. The summed E-state index contributed by atoms with van der Waals surface area (Å²) in [5.41, 5.74) is 20.6. The average molecular weight is 521 g/mol. The van der Waals surface area contributed by atoms with Gasteiger partial charge in [-0.15, -0.1) is 0 Å². The van der Waals surface area contributed by atoms with E-state index in [1.165, 1.54) is 32.6 Å². The number of benzene rings is 4. The lowest BCUT2D eigenvalue weighted by Crippen LogP contribution is -2.14. The van der Waals surface area contributed by atoms with Crippen LogP contribution >= 0.6 is 0 Å². The molecule has 40 heavy (non-hydrogen) atoms. The Labute approximate surface area is 234 Å². The Kier molecular flexibility index (Phi) is 6.82. The van der Waals surface area contributed by atoms with Crippen LogP contribution in [-0.2, 0) is 0 Å². The molecule has 4 nitrogen and oxygen atoms in total. The maximum atomic E-state index is 6.11. The van der Waals surface area contributed by atoms with Crippen molar-refractivity contribution >= 4 is 43.8 Å². The van der Waals surface area contributed by atoms with Gasteiger partial charge in [-0.1, -0.05) is 91.6 Å².